The van der Waals surface area contributed by atoms with E-state index < -0.39 is 0 Å². The van der Waals surface area contributed by atoms with Crippen LogP contribution in [-0.2, 0) is 11.2 Å². The van der Waals surface area contributed by atoms with E-state index >= 15 is 0 Å². The maximum atomic E-state index is 11.6. The Bertz CT molecular complexity index is 677. The first-order valence-corrected chi connectivity index (χ1v) is 8.08. The molecular weight excluding hydrogens is 282 g/mol. The molecule has 1 aliphatic rings. The molecule has 110 valence electrons. The van der Waals surface area contributed by atoms with Gasteiger partial charge in [-0.2, -0.15) is 0 Å². The minimum atomic E-state index is -0.305. The molecule has 0 radical (unpaired) electrons. The summed E-state index contributed by atoms with van der Waals surface area (Å²) in [7, 11) is 1.40. The molecule has 0 aliphatic heterocycles. The fraction of sp³-hybridized carbons (Fsp3) is 0.412. The number of esters is 1. The molecule has 0 bridgehead atoms. The molecule has 1 aromatic carbocycles. The van der Waals surface area contributed by atoms with Crippen molar-refractivity contribution in [3.63, 3.8) is 0 Å². The third kappa shape index (κ3) is 2.72. The molecule has 2 atom stereocenters. The van der Waals surface area contributed by atoms with E-state index in [2.05, 4.69) is 13.8 Å². The van der Waals surface area contributed by atoms with Gasteiger partial charge in [-0.25, -0.2) is 9.78 Å². The lowest BCUT2D eigenvalue weighted by Gasteiger charge is -2.22. The van der Waals surface area contributed by atoms with Gasteiger partial charge in [0.25, 0.3) is 0 Å². The second-order valence-electron chi connectivity index (χ2n) is 5.85. The largest absolute Gasteiger partial charge is 0.465 e. The molecule has 4 heteroatoms. The van der Waals surface area contributed by atoms with Gasteiger partial charge >= 0.3 is 5.97 Å². The van der Waals surface area contributed by atoms with Crippen molar-refractivity contribution in [3.05, 3.63) is 40.4 Å². The molecule has 2 aromatic rings. The third-order valence-corrected chi connectivity index (χ3v) is 5.38. The Morgan fingerprint density at radius 2 is 2.19 bits per heavy atom. The average molecular weight is 301 g/mol. The molecule has 0 N–H and O–H groups in total. The average Bonchev–Trinajstić information content (AvgIpc) is 2.91. The maximum absolute atomic E-state index is 11.6. The summed E-state index contributed by atoms with van der Waals surface area (Å²) in [6.45, 7) is 4.57. The summed E-state index contributed by atoms with van der Waals surface area (Å²) in [6, 6.07) is 7.52. The zero-order chi connectivity index (χ0) is 15.0. The second-order valence-corrected chi connectivity index (χ2v) is 6.88. The summed E-state index contributed by atoms with van der Waals surface area (Å²) in [5, 5.41) is 1.01. The Balaban J connectivity index is 1.98. The number of carbonyl (C=O) groups excluding carboxylic acids is 1. The maximum Gasteiger partial charge on any atom is 0.337 e. The molecule has 3 nitrogen and oxygen atoms in total. The number of ether oxygens (including phenoxy) is 1. The van der Waals surface area contributed by atoms with Crippen molar-refractivity contribution in [1.29, 1.82) is 0 Å². The van der Waals surface area contributed by atoms with Crippen LogP contribution in [0.2, 0.25) is 0 Å². The van der Waals surface area contributed by atoms with Gasteiger partial charge in [-0.1, -0.05) is 26.0 Å². The number of thiazole rings is 1. The third-order valence-electron chi connectivity index (χ3n) is 4.00. The van der Waals surface area contributed by atoms with Crippen LogP contribution < -0.4 is 0 Å². The van der Waals surface area contributed by atoms with Gasteiger partial charge in [-0.3, -0.25) is 0 Å². The van der Waals surface area contributed by atoms with Crippen molar-refractivity contribution in [2.45, 2.75) is 32.6 Å². The van der Waals surface area contributed by atoms with E-state index in [1.807, 2.05) is 18.2 Å². The van der Waals surface area contributed by atoms with E-state index in [9.17, 15) is 4.79 Å². The number of hydrogen-bond donors (Lipinski definition) is 0. The van der Waals surface area contributed by atoms with Crippen LogP contribution in [0.15, 0.2) is 24.3 Å². The van der Waals surface area contributed by atoms with Gasteiger partial charge in [-0.15, -0.1) is 11.3 Å². The minimum absolute atomic E-state index is 0.305. The zero-order valence-corrected chi connectivity index (χ0v) is 13.4. The van der Waals surface area contributed by atoms with E-state index in [4.69, 9.17) is 9.72 Å². The number of rotatable bonds is 2. The molecule has 1 aliphatic carbocycles. The predicted octanol–water partition coefficient (Wildman–Crippen LogP) is 4.28. The normalized spacial score (nSPS) is 20.9. The Morgan fingerprint density at radius 1 is 1.38 bits per heavy atom. The number of methoxy groups -OCH3 is 1. The fourth-order valence-electron chi connectivity index (χ4n) is 3.04. The van der Waals surface area contributed by atoms with Crippen LogP contribution in [0.4, 0.5) is 0 Å². The standard InChI is InChI=1S/C17H19NO2S/c1-10-7-11(2)15-14(8-10)18-16(21-15)12-5-4-6-13(9-12)17(19)20-3/h4-6,9-11H,7-8H2,1-3H3. The summed E-state index contributed by atoms with van der Waals surface area (Å²) in [6.07, 6.45) is 2.30. The number of fused-ring (bicyclic) bond motifs is 1. The number of carbonyl (C=O) groups is 1. The first kappa shape index (κ1) is 14.3. The summed E-state index contributed by atoms with van der Waals surface area (Å²) in [5.74, 6) is 0.975. The summed E-state index contributed by atoms with van der Waals surface area (Å²) in [5.41, 5.74) is 2.81. The number of hydrogen-bond acceptors (Lipinski definition) is 4. The van der Waals surface area contributed by atoms with Crippen LogP contribution in [0.3, 0.4) is 0 Å². The van der Waals surface area contributed by atoms with Crippen LogP contribution in [0.25, 0.3) is 10.6 Å². The van der Waals surface area contributed by atoms with Crippen molar-refractivity contribution < 1.29 is 9.53 Å². The molecule has 0 saturated heterocycles. The smallest absolute Gasteiger partial charge is 0.337 e. The van der Waals surface area contributed by atoms with E-state index in [1.165, 1.54) is 24.1 Å². The van der Waals surface area contributed by atoms with Crippen LogP contribution in [0.1, 0.15) is 47.1 Å². The highest BCUT2D eigenvalue weighted by Crippen LogP contribution is 2.40. The first-order chi connectivity index (χ1) is 10.1. The highest BCUT2D eigenvalue weighted by atomic mass is 32.1. The van der Waals surface area contributed by atoms with E-state index in [0.717, 1.165) is 17.0 Å². The van der Waals surface area contributed by atoms with Gasteiger partial charge in [-0.05, 0) is 36.8 Å². The molecule has 0 spiro atoms. The summed E-state index contributed by atoms with van der Waals surface area (Å²) in [4.78, 5) is 17.9. The second kappa shape index (κ2) is 5.60. The Labute approximate surface area is 129 Å². The van der Waals surface area contributed by atoms with Crippen molar-refractivity contribution in [1.82, 2.24) is 4.98 Å². The van der Waals surface area contributed by atoms with Gasteiger partial charge in [0.05, 0.1) is 18.4 Å². The summed E-state index contributed by atoms with van der Waals surface area (Å²) < 4.78 is 4.78. The van der Waals surface area contributed by atoms with E-state index in [-0.39, 0.29) is 5.97 Å². The Hall–Kier alpha value is -1.68. The lowest BCUT2D eigenvalue weighted by atomic mass is 9.86. The van der Waals surface area contributed by atoms with E-state index in [0.29, 0.717) is 17.4 Å². The molecule has 0 fully saturated rings. The van der Waals surface area contributed by atoms with Gasteiger partial charge in [0.1, 0.15) is 5.01 Å². The van der Waals surface area contributed by atoms with Crippen LogP contribution in [0.5, 0.6) is 0 Å². The molecule has 3 rings (SSSR count). The molecule has 2 unspecified atom stereocenters. The highest BCUT2D eigenvalue weighted by Gasteiger charge is 2.25. The lowest BCUT2D eigenvalue weighted by molar-refractivity contribution is 0.0601. The van der Waals surface area contributed by atoms with E-state index in [1.54, 1.807) is 17.4 Å². The molecule has 1 aromatic heterocycles. The highest BCUT2D eigenvalue weighted by molar-refractivity contribution is 7.15. The van der Waals surface area contributed by atoms with Crippen molar-refractivity contribution in [3.8, 4) is 10.6 Å². The fourth-order valence-corrected chi connectivity index (χ4v) is 4.19. The Kier molecular flexibility index (Phi) is 3.81. The van der Waals surface area contributed by atoms with Gasteiger partial charge in [0, 0.05) is 10.4 Å². The lowest BCUT2D eigenvalue weighted by Crippen LogP contribution is -2.12. The summed E-state index contributed by atoms with van der Waals surface area (Å²) >= 11 is 1.76. The van der Waals surface area contributed by atoms with Crippen molar-refractivity contribution in [2.75, 3.05) is 7.11 Å². The van der Waals surface area contributed by atoms with Crippen molar-refractivity contribution >= 4 is 17.3 Å². The molecule has 0 saturated carbocycles. The minimum Gasteiger partial charge on any atom is -0.465 e. The number of aromatic nitrogens is 1. The monoisotopic (exact) mass is 301 g/mol. The van der Waals surface area contributed by atoms with Crippen LogP contribution in [-0.4, -0.2) is 18.1 Å². The molecule has 1 heterocycles. The first-order valence-electron chi connectivity index (χ1n) is 7.26. The number of benzene rings is 1. The number of nitrogens with zero attached hydrogens (tertiary/aromatic N) is 1. The topological polar surface area (TPSA) is 39.2 Å². The Morgan fingerprint density at radius 3 is 2.95 bits per heavy atom. The van der Waals surface area contributed by atoms with Gasteiger partial charge in [0.15, 0.2) is 0 Å². The SMILES string of the molecule is COC(=O)c1cccc(-c2nc3c(s2)C(C)CC(C)C3)c1. The zero-order valence-electron chi connectivity index (χ0n) is 12.6. The quantitative estimate of drug-likeness (QED) is 0.777. The van der Waals surface area contributed by atoms with Crippen molar-refractivity contribution in [2.24, 2.45) is 5.92 Å². The van der Waals surface area contributed by atoms with Crippen LogP contribution >= 0.6 is 11.3 Å². The predicted molar refractivity (Wildman–Crippen MR) is 84.8 cm³/mol. The molecule has 21 heavy (non-hydrogen) atoms. The molecule has 0 amide bonds. The van der Waals surface area contributed by atoms with Crippen LogP contribution in [0, 0.1) is 5.92 Å². The van der Waals surface area contributed by atoms with Gasteiger partial charge < -0.3 is 4.74 Å². The molecular formula is C17H19NO2S. The van der Waals surface area contributed by atoms with Gasteiger partial charge in [0.2, 0.25) is 0 Å².